The van der Waals surface area contributed by atoms with Gasteiger partial charge in [0.15, 0.2) is 0 Å². The number of rotatable bonds is 4. The summed E-state index contributed by atoms with van der Waals surface area (Å²) in [5, 5.41) is 4.61. The molecule has 1 aromatic carbocycles. The fourth-order valence-corrected chi connectivity index (χ4v) is 3.28. The molecule has 106 valence electrons. The molecule has 2 rings (SSSR count). The molecule has 0 spiro atoms. The Kier molecular flexibility index (Phi) is 5.72. The smallest absolute Gasteiger partial charge is 0.0406 e. The highest BCUT2D eigenvalue weighted by Crippen LogP contribution is 2.27. The van der Waals surface area contributed by atoms with Gasteiger partial charge in [-0.3, -0.25) is 0 Å². The van der Waals surface area contributed by atoms with Crippen LogP contribution in [0.25, 0.3) is 0 Å². The SMILES string of the molecule is CCC1CCCC(N[C@@H](C)c2ccc(Cl)cc2)CC1. The Labute approximate surface area is 122 Å². The zero-order valence-electron chi connectivity index (χ0n) is 12.2. The molecule has 0 saturated heterocycles. The van der Waals surface area contributed by atoms with Crippen molar-refractivity contribution in [3.63, 3.8) is 0 Å². The Bertz CT molecular complexity index is 373. The van der Waals surface area contributed by atoms with E-state index in [1.54, 1.807) is 0 Å². The molecule has 2 unspecified atom stereocenters. The van der Waals surface area contributed by atoms with E-state index in [9.17, 15) is 0 Å². The van der Waals surface area contributed by atoms with E-state index in [0.29, 0.717) is 12.1 Å². The third-order valence-corrected chi connectivity index (χ3v) is 4.77. The van der Waals surface area contributed by atoms with E-state index >= 15 is 0 Å². The molecule has 1 aromatic rings. The van der Waals surface area contributed by atoms with Crippen molar-refractivity contribution in [2.45, 2.75) is 64.5 Å². The van der Waals surface area contributed by atoms with E-state index < -0.39 is 0 Å². The van der Waals surface area contributed by atoms with Gasteiger partial charge in [-0.25, -0.2) is 0 Å². The van der Waals surface area contributed by atoms with Gasteiger partial charge in [0.05, 0.1) is 0 Å². The van der Waals surface area contributed by atoms with Crippen LogP contribution in [0.1, 0.15) is 64.0 Å². The fraction of sp³-hybridized carbons (Fsp3) is 0.647. The second-order valence-electron chi connectivity index (χ2n) is 5.92. The lowest BCUT2D eigenvalue weighted by Gasteiger charge is -2.22. The van der Waals surface area contributed by atoms with Crippen molar-refractivity contribution < 1.29 is 0 Å². The van der Waals surface area contributed by atoms with Crippen LogP contribution in [0.15, 0.2) is 24.3 Å². The van der Waals surface area contributed by atoms with Crippen molar-refractivity contribution in [2.75, 3.05) is 0 Å². The van der Waals surface area contributed by atoms with Gasteiger partial charge >= 0.3 is 0 Å². The summed E-state index contributed by atoms with van der Waals surface area (Å²) >= 11 is 5.94. The van der Waals surface area contributed by atoms with E-state index in [-0.39, 0.29) is 0 Å². The standard InChI is InChI=1S/C17H26ClN/c1-3-14-5-4-6-17(12-7-14)19-13(2)15-8-10-16(18)11-9-15/h8-11,13-14,17,19H,3-7,12H2,1-2H3/t13-,14?,17?/m0/s1. The van der Waals surface area contributed by atoms with Gasteiger partial charge in [-0.1, -0.05) is 49.9 Å². The molecular weight excluding hydrogens is 254 g/mol. The Morgan fingerprint density at radius 2 is 1.89 bits per heavy atom. The molecule has 1 nitrogen and oxygen atoms in total. The number of benzene rings is 1. The number of halogens is 1. The Hall–Kier alpha value is -0.530. The van der Waals surface area contributed by atoms with Crippen molar-refractivity contribution in [3.8, 4) is 0 Å². The van der Waals surface area contributed by atoms with Crippen molar-refractivity contribution in [1.29, 1.82) is 0 Å². The van der Waals surface area contributed by atoms with Crippen LogP contribution in [0, 0.1) is 5.92 Å². The van der Waals surface area contributed by atoms with Crippen molar-refractivity contribution >= 4 is 11.6 Å². The normalized spacial score (nSPS) is 25.8. The van der Waals surface area contributed by atoms with Crippen LogP contribution in [-0.4, -0.2) is 6.04 Å². The molecule has 0 aromatic heterocycles. The quantitative estimate of drug-likeness (QED) is 0.733. The van der Waals surface area contributed by atoms with Gasteiger partial charge in [-0.2, -0.15) is 0 Å². The monoisotopic (exact) mass is 279 g/mol. The van der Waals surface area contributed by atoms with Gasteiger partial charge in [0.1, 0.15) is 0 Å². The van der Waals surface area contributed by atoms with E-state index in [2.05, 4.69) is 31.3 Å². The summed E-state index contributed by atoms with van der Waals surface area (Å²) in [6.45, 7) is 4.58. The summed E-state index contributed by atoms with van der Waals surface area (Å²) in [6, 6.07) is 9.32. The molecule has 1 N–H and O–H groups in total. The lowest BCUT2D eigenvalue weighted by atomic mass is 9.97. The molecule has 0 heterocycles. The molecule has 1 aliphatic rings. The molecule has 2 heteroatoms. The Morgan fingerprint density at radius 1 is 1.16 bits per heavy atom. The topological polar surface area (TPSA) is 12.0 Å². The van der Waals surface area contributed by atoms with Crippen LogP contribution >= 0.6 is 11.6 Å². The molecule has 0 bridgehead atoms. The zero-order valence-corrected chi connectivity index (χ0v) is 12.9. The lowest BCUT2D eigenvalue weighted by molar-refractivity contribution is 0.400. The summed E-state index contributed by atoms with van der Waals surface area (Å²) in [5.41, 5.74) is 1.33. The first-order chi connectivity index (χ1) is 9.19. The summed E-state index contributed by atoms with van der Waals surface area (Å²) in [6.07, 6.45) is 8.19. The van der Waals surface area contributed by atoms with Gasteiger partial charge in [0, 0.05) is 17.1 Å². The van der Waals surface area contributed by atoms with E-state index in [0.717, 1.165) is 10.9 Å². The van der Waals surface area contributed by atoms with Crippen LogP contribution in [0.5, 0.6) is 0 Å². The molecule has 1 aliphatic carbocycles. The maximum atomic E-state index is 5.94. The summed E-state index contributed by atoms with van der Waals surface area (Å²) in [5.74, 6) is 0.956. The third kappa shape index (κ3) is 4.50. The van der Waals surface area contributed by atoms with Crippen LogP contribution < -0.4 is 5.32 Å². The second kappa shape index (κ2) is 7.31. The molecule has 19 heavy (non-hydrogen) atoms. The van der Waals surface area contributed by atoms with Gasteiger partial charge in [0.25, 0.3) is 0 Å². The average Bonchev–Trinajstić information content (AvgIpc) is 2.64. The van der Waals surface area contributed by atoms with Crippen molar-refractivity contribution in [3.05, 3.63) is 34.9 Å². The van der Waals surface area contributed by atoms with Gasteiger partial charge in [-0.05, 0) is 49.8 Å². The minimum Gasteiger partial charge on any atom is -0.307 e. The predicted octanol–water partition coefficient (Wildman–Crippen LogP) is 5.35. The molecule has 0 amide bonds. The minimum absolute atomic E-state index is 0.417. The molecule has 0 aliphatic heterocycles. The van der Waals surface area contributed by atoms with Crippen LogP contribution in [-0.2, 0) is 0 Å². The maximum absolute atomic E-state index is 5.94. The predicted molar refractivity (Wildman–Crippen MR) is 83.7 cm³/mol. The molecular formula is C17H26ClN. The summed E-state index contributed by atoms with van der Waals surface area (Å²) in [4.78, 5) is 0. The highest BCUT2D eigenvalue weighted by molar-refractivity contribution is 6.30. The van der Waals surface area contributed by atoms with Crippen LogP contribution in [0.4, 0.5) is 0 Å². The molecule has 1 fully saturated rings. The van der Waals surface area contributed by atoms with E-state index in [4.69, 9.17) is 11.6 Å². The zero-order chi connectivity index (χ0) is 13.7. The number of nitrogens with one attached hydrogen (secondary N) is 1. The highest BCUT2D eigenvalue weighted by Gasteiger charge is 2.19. The number of hydrogen-bond donors (Lipinski definition) is 1. The largest absolute Gasteiger partial charge is 0.307 e. The fourth-order valence-electron chi connectivity index (χ4n) is 3.15. The second-order valence-corrected chi connectivity index (χ2v) is 6.36. The minimum atomic E-state index is 0.417. The molecule has 3 atom stereocenters. The van der Waals surface area contributed by atoms with Gasteiger partial charge in [-0.15, -0.1) is 0 Å². The lowest BCUT2D eigenvalue weighted by Crippen LogP contribution is -2.31. The molecule has 0 radical (unpaired) electrons. The first-order valence-corrected chi connectivity index (χ1v) is 8.08. The van der Waals surface area contributed by atoms with Gasteiger partial charge < -0.3 is 5.32 Å². The summed E-state index contributed by atoms with van der Waals surface area (Å²) in [7, 11) is 0. The van der Waals surface area contributed by atoms with E-state index in [1.165, 1.54) is 44.1 Å². The van der Waals surface area contributed by atoms with Crippen LogP contribution in [0.3, 0.4) is 0 Å². The third-order valence-electron chi connectivity index (χ3n) is 4.52. The highest BCUT2D eigenvalue weighted by atomic mass is 35.5. The van der Waals surface area contributed by atoms with Crippen molar-refractivity contribution in [1.82, 2.24) is 5.32 Å². The first kappa shape index (κ1) is 14.9. The number of hydrogen-bond acceptors (Lipinski definition) is 1. The maximum Gasteiger partial charge on any atom is 0.0406 e. The average molecular weight is 280 g/mol. The van der Waals surface area contributed by atoms with Crippen molar-refractivity contribution in [2.24, 2.45) is 5.92 Å². The van der Waals surface area contributed by atoms with Crippen LogP contribution in [0.2, 0.25) is 5.02 Å². The summed E-state index contributed by atoms with van der Waals surface area (Å²) < 4.78 is 0. The molecule has 1 saturated carbocycles. The Balaban J connectivity index is 1.88. The van der Waals surface area contributed by atoms with Gasteiger partial charge in [0.2, 0.25) is 0 Å². The van der Waals surface area contributed by atoms with E-state index in [1.807, 2.05) is 12.1 Å². The Morgan fingerprint density at radius 3 is 2.58 bits per heavy atom. The first-order valence-electron chi connectivity index (χ1n) is 7.70.